The van der Waals surface area contributed by atoms with Gasteiger partial charge < -0.3 is 9.73 Å². The van der Waals surface area contributed by atoms with Gasteiger partial charge in [0, 0.05) is 9.86 Å². The van der Waals surface area contributed by atoms with Crippen LogP contribution in [0.5, 0.6) is 0 Å². The normalized spacial score (nSPS) is 12.8. The number of furan rings is 1. The summed E-state index contributed by atoms with van der Waals surface area (Å²) in [6.07, 6.45) is 0. The highest BCUT2D eigenvalue weighted by Gasteiger charge is 2.19. The molecule has 0 saturated carbocycles. The summed E-state index contributed by atoms with van der Waals surface area (Å²) < 4.78 is 7.20. The van der Waals surface area contributed by atoms with Crippen LogP contribution in [0.15, 0.2) is 51.4 Å². The molecular formula is C18H18BrNO. The van der Waals surface area contributed by atoms with E-state index < -0.39 is 0 Å². The van der Waals surface area contributed by atoms with Gasteiger partial charge in [0.2, 0.25) is 0 Å². The first-order valence-corrected chi connectivity index (χ1v) is 7.82. The van der Waals surface area contributed by atoms with E-state index in [1.165, 1.54) is 11.1 Å². The van der Waals surface area contributed by atoms with E-state index in [0.29, 0.717) is 0 Å². The van der Waals surface area contributed by atoms with Gasteiger partial charge in [0.1, 0.15) is 11.3 Å². The zero-order valence-corrected chi connectivity index (χ0v) is 14.0. The third-order valence-electron chi connectivity index (χ3n) is 3.80. The average molecular weight is 344 g/mol. The van der Waals surface area contributed by atoms with Crippen LogP contribution in [0.1, 0.15) is 28.5 Å². The Morgan fingerprint density at radius 2 is 1.90 bits per heavy atom. The zero-order chi connectivity index (χ0) is 15.0. The molecule has 1 unspecified atom stereocenters. The zero-order valence-electron chi connectivity index (χ0n) is 12.4. The molecule has 1 aromatic heterocycles. The number of hydrogen-bond acceptors (Lipinski definition) is 2. The quantitative estimate of drug-likeness (QED) is 0.713. The van der Waals surface area contributed by atoms with Gasteiger partial charge in [-0.2, -0.15) is 0 Å². The lowest BCUT2D eigenvalue weighted by Crippen LogP contribution is -2.17. The van der Waals surface area contributed by atoms with Crippen LogP contribution in [0.2, 0.25) is 0 Å². The van der Waals surface area contributed by atoms with Gasteiger partial charge in [-0.1, -0.05) is 46.3 Å². The standard InChI is InChI=1S/C18H18BrNO/c1-11-7-8-14(15(19)9-11)17(20-3)16-10-13-6-4-5-12(2)18(13)21-16/h4-10,17,20H,1-3H3. The van der Waals surface area contributed by atoms with Crippen LogP contribution in [0.4, 0.5) is 0 Å². The first-order chi connectivity index (χ1) is 10.1. The average Bonchev–Trinajstić information content (AvgIpc) is 2.87. The Bertz CT molecular complexity index is 791. The maximum atomic E-state index is 6.11. The van der Waals surface area contributed by atoms with Crippen LogP contribution in [0, 0.1) is 13.8 Å². The van der Waals surface area contributed by atoms with Gasteiger partial charge in [-0.05, 0) is 49.7 Å². The fourth-order valence-electron chi connectivity index (χ4n) is 2.69. The molecule has 0 amide bonds. The SMILES string of the molecule is CNC(c1cc2cccc(C)c2o1)c1ccc(C)cc1Br. The number of halogens is 1. The van der Waals surface area contributed by atoms with Crippen molar-refractivity contribution in [1.82, 2.24) is 5.32 Å². The van der Waals surface area contributed by atoms with Crippen LogP contribution in [0.25, 0.3) is 11.0 Å². The highest BCUT2D eigenvalue weighted by molar-refractivity contribution is 9.10. The van der Waals surface area contributed by atoms with Crippen molar-refractivity contribution in [3.05, 3.63) is 69.4 Å². The predicted octanol–water partition coefficient (Wildman–Crippen LogP) is 5.12. The topological polar surface area (TPSA) is 25.2 Å². The van der Waals surface area contributed by atoms with Crippen molar-refractivity contribution in [1.29, 1.82) is 0 Å². The second-order valence-corrected chi connectivity index (χ2v) is 6.24. The molecule has 0 aliphatic rings. The molecule has 3 aromatic rings. The molecule has 0 spiro atoms. The summed E-state index contributed by atoms with van der Waals surface area (Å²) in [7, 11) is 1.96. The number of rotatable bonds is 3. The Morgan fingerprint density at radius 1 is 1.10 bits per heavy atom. The van der Waals surface area contributed by atoms with Gasteiger partial charge in [0.15, 0.2) is 0 Å². The molecular weight excluding hydrogens is 326 g/mol. The lowest BCUT2D eigenvalue weighted by molar-refractivity contribution is 0.489. The molecule has 2 nitrogen and oxygen atoms in total. The lowest BCUT2D eigenvalue weighted by Gasteiger charge is -2.16. The van der Waals surface area contributed by atoms with E-state index in [9.17, 15) is 0 Å². The van der Waals surface area contributed by atoms with Gasteiger partial charge in [0.05, 0.1) is 6.04 Å². The van der Waals surface area contributed by atoms with Gasteiger partial charge in [-0.25, -0.2) is 0 Å². The maximum Gasteiger partial charge on any atom is 0.137 e. The van der Waals surface area contributed by atoms with Gasteiger partial charge >= 0.3 is 0 Å². The van der Waals surface area contributed by atoms with E-state index in [0.717, 1.165) is 26.8 Å². The fourth-order valence-corrected chi connectivity index (χ4v) is 3.41. The fraction of sp³-hybridized carbons (Fsp3) is 0.222. The maximum absolute atomic E-state index is 6.11. The van der Waals surface area contributed by atoms with E-state index in [4.69, 9.17) is 4.42 Å². The highest BCUT2D eigenvalue weighted by atomic mass is 79.9. The largest absolute Gasteiger partial charge is 0.459 e. The number of nitrogens with one attached hydrogen (secondary N) is 1. The molecule has 3 heteroatoms. The molecule has 1 N–H and O–H groups in total. The van der Waals surface area contributed by atoms with Crippen LogP contribution < -0.4 is 5.32 Å². The second kappa shape index (κ2) is 5.66. The molecule has 0 bridgehead atoms. The number of fused-ring (bicyclic) bond motifs is 1. The Kier molecular flexibility index (Phi) is 3.87. The highest BCUT2D eigenvalue weighted by Crippen LogP contribution is 2.33. The number of para-hydroxylation sites is 1. The minimum absolute atomic E-state index is 0.0341. The first-order valence-electron chi connectivity index (χ1n) is 7.02. The van der Waals surface area contributed by atoms with E-state index in [2.05, 4.69) is 77.6 Å². The molecule has 3 rings (SSSR count). The van der Waals surface area contributed by atoms with Crippen molar-refractivity contribution in [2.75, 3.05) is 7.05 Å². The summed E-state index contributed by atoms with van der Waals surface area (Å²) >= 11 is 3.66. The molecule has 21 heavy (non-hydrogen) atoms. The summed E-state index contributed by atoms with van der Waals surface area (Å²) in [6.45, 7) is 4.17. The Hall–Kier alpha value is -1.58. The molecule has 2 aromatic carbocycles. The van der Waals surface area contributed by atoms with Crippen LogP contribution in [0.3, 0.4) is 0 Å². The van der Waals surface area contributed by atoms with Crippen LogP contribution >= 0.6 is 15.9 Å². The van der Waals surface area contributed by atoms with Gasteiger partial charge in [-0.15, -0.1) is 0 Å². The Balaban J connectivity index is 2.11. The minimum atomic E-state index is 0.0341. The van der Waals surface area contributed by atoms with Crippen LogP contribution in [-0.2, 0) is 0 Å². The van der Waals surface area contributed by atoms with E-state index in [-0.39, 0.29) is 6.04 Å². The smallest absolute Gasteiger partial charge is 0.137 e. The number of hydrogen-bond donors (Lipinski definition) is 1. The second-order valence-electron chi connectivity index (χ2n) is 5.39. The van der Waals surface area contributed by atoms with Crippen molar-refractivity contribution in [3.8, 4) is 0 Å². The van der Waals surface area contributed by atoms with Crippen LogP contribution in [-0.4, -0.2) is 7.05 Å². The summed E-state index contributed by atoms with van der Waals surface area (Å²) in [4.78, 5) is 0. The number of aryl methyl sites for hydroxylation is 2. The third-order valence-corrected chi connectivity index (χ3v) is 4.49. The molecule has 1 heterocycles. The molecule has 0 aliphatic heterocycles. The van der Waals surface area contributed by atoms with E-state index in [1.807, 2.05) is 7.05 Å². The minimum Gasteiger partial charge on any atom is -0.459 e. The summed E-state index contributed by atoms with van der Waals surface area (Å²) in [5, 5.41) is 4.50. The van der Waals surface area contributed by atoms with E-state index in [1.54, 1.807) is 0 Å². The number of benzene rings is 2. The molecule has 108 valence electrons. The Labute approximate surface area is 133 Å². The molecule has 1 atom stereocenters. The molecule has 0 fully saturated rings. The molecule has 0 radical (unpaired) electrons. The van der Waals surface area contributed by atoms with Crippen molar-refractivity contribution in [2.24, 2.45) is 0 Å². The first kappa shape index (κ1) is 14.4. The van der Waals surface area contributed by atoms with Crippen molar-refractivity contribution in [2.45, 2.75) is 19.9 Å². The molecule has 0 aliphatic carbocycles. The summed E-state index contributed by atoms with van der Waals surface area (Å²) in [5.74, 6) is 0.936. The van der Waals surface area contributed by atoms with Gasteiger partial charge in [0.25, 0.3) is 0 Å². The monoisotopic (exact) mass is 343 g/mol. The van der Waals surface area contributed by atoms with Crippen molar-refractivity contribution in [3.63, 3.8) is 0 Å². The molecule has 0 saturated heterocycles. The van der Waals surface area contributed by atoms with Crippen molar-refractivity contribution >= 4 is 26.9 Å². The lowest BCUT2D eigenvalue weighted by atomic mass is 10.0. The predicted molar refractivity (Wildman–Crippen MR) is 90.7 cm³/mol. The van der Waals surface area contributed by atoms with E-state index >= 15 is 0 Å². The third kappa shape index (κ3) is 2.63. The van der Waals surface area contributed by atoms with Crippen molar-refractivity contribution < 1.29 is 4.42 Å². The Morgan fingerprint density at radius 3 is 2.57 bits per heavy atom. The summed E-state index contributed by atoms with van der Waals surface area (Å²) in [6, 6.07) is 14.8. The summed E-state index contributed by atoms with van der Waals surface area (Å²) in [5.41, 5.74) is 4.55. The van der Waals surface area contributed by atoms with Gasteiger partial charge in [-0.3, -0.25) is 0 Å².